The first kappa shape index (κ1) is 13.2. The van der Waals surface area contributed by atoms with Gasteiger partial charge in [-0.2, -0.15) is 0 Å². The van der Waals surface area contributed by atoms with Crippen molar-refractivity contribution >= 4 is 27.1 Å². The van der Waals surface area contributed by atoms with Gasteiger partial charge in [0.05, 0.1) is 35.7 Å². The van der Waals surface area contributed by atoms with Crippen molar-refractivity contribution in [3.05, 3.63) is 42.7 Å². The lowest BCUT2D eigenvalue weighted by atomic mass is 10.2. The fraction of sp³-hybridized carbons (Fsp3) is 0.0909. The predicted octanol–water partition coefficient (Wildman–Crippen LogP) is 1.73. The molecule has 1 heterocycles. The minimum absolute atomic E-state index is 0.128. The molecule has 1 aromatic heterocycles. The molecule has 0 unspecified atom stereocenters. The van der Waals surface area contributed by atoms with Gasteiger partial charge >= 0.3 is 0 Å². The number of rotatable bonds is 4. The van der Waals surface area contributed by atoms with E-state index in [1.165, 1.54) is 36.9 Å². The molecular formula is C11H11FN4O2S. The molecule has 100 valence electrons. The average Bonchev–Trinajstić information content (AvgIpc) is 2.33. The van der Waals surface area contributed by atoms with Crippen LogP contribution >= 0.6 is 0 Å². The summed E-state index contributed by atoms with van der Waals surface area (Å²) in [6.07, 6.45) is 5.32. The van der Waals surface area contributed by atoms with E-state index in [0.29, 0.717) is 5.69 Å². The molecule has 0 atom stereocenters. The first-order valence-electron chi connectivity index (χ1n) is 5.23. The van der Waals surface area contributed by atoms with Gasteiger partial charge in [-0.25, -0.2) is 22.8 Å². The molecule has 6 nitrogen and oxygen atoms in total. The minimum Gasteiger partial charge on any atom is -0.351 e. The zero-order valence-electron chi connectivity index (χ0n) is 9.96. The smallest absolute Gasteiger partial charge is 0.229 e. The SMILES string of the molecule is CS(=O)(=O)Nc1ccc(F)c(Nc2cncnc2)c1. The second-order valence-corrected chi connectivity index (χ2v) is 5.57. The number of hydrogen-bond acceptors (Lipinski definition) is 5. The molecule has 2 N–H and O–H groups in total. The highest BCUT2D eigenvalue weighted by Gasteiger charge is 2.07. The van der Waals surface area contributed by atoms with Crippen LogP contribution in [0, 0.1) is 5.82 Å². The van der Waals surface area contributed by atoms with Crippen LogP contribution in [0.1, 0.15) is 0 Å². The second kappa shape index (κ2) is 5.19. The van der Waals surface area contributed by atoms with Crippen molar-refractivity contribution < 1.29 is 12.8 Å². The standard InChI is InChI=1S/C11H11FN4O2S/c1-19(17,18)16-8-2-3-10(12)11(4-8)15-9-5-13-7-14-6-9/h2-7,15-16H,1H3. The maximum Gasteiger partial charge on any atom is 0.229 e. The normalized spacial score (nSPS) is 11.1. The van der Waals surface area contributed by atoms with Gasteiger partial charge in [-0.05, 0) is 18.2 Å². The van der Waals surface area contributed by atoms with Crippen LogP contribution in [0.15, 0.2) is 36.9 Å². The van der Waals surface area contributed by atoms with Crippen molar-refractivity contribution in [1.29, 1.82) is 0 Å². The Kier molecular flexibility index (Phi) is 3.61. The first-order valence-corrected chi connectivity index (χ1v) is 7.12. The van der Waals surface area contributed by atoms with Crippen LogP contribution in [-0.2, 0) is 10.0 Å². The van der Waals surface area contributed by atoms with Gasteiger partial charge < -0.3 is 5.32 Å². The predicted molar refractivity (Wildman–Crippen MR) is 70.2 cm³/mol. The Balaban J connectivity index is 2.27. The largest absolute Gasteiger partial charge is 0.351 e. The molecule has 2 aromatic rings. The molecule has 0 aliphatic carbocycles. The van der Waals surface area contributed by atoms with Crippen LogP contribution in [0.25, 0.3) is 0 Å². The highest BCUT2D eigenvalue weighted by molar-refractivity contribution is 7.92. The van der Waals surface area contributed by atoms with Crippen molar-refractivity contribution in [2.24, 2.45) is 0 Å². The summed E-state index contributed by atoms with van der Waals surface area (Å²) in [5.74, 6) is -0.511. The summed E-state index contributed by atoms with van der Waals surface area (Å²) in [6, 6.07) is 3.85. The number of halogens is 1. The summed E-state index contributed by atoms with van der Waals surface area (Å²) < 4.78 is 38.1. The molecule has 2 rings (SSSR count). The van der Waals surface area contributed by atoms with Crippen molar-refractivity contribution in [1.82, 2.24) is 9.97 Å². The Labute approximate surface area is 109 Å². The summed E-state index contributed by atoms with van der Waals surface area (Å²) >= 11 is 0. The number of sulfonamides is 1. The zero-order valence-corrected chi connectivity index (χ0v) is 10.8. The van der Waals surface area contributed by atoms with Crippen molar-refractivity contribution in [2.45, 2.75) is 0 Å². The summed E-state index contributed by atoms with van der Waals surface area (Å²) in [4.78, 5) is 7.57. The molecule has 0 fully saturated rings. The van der Waals surface area contributed by atoms with Gasteiger partial charge in [-0.3, -0.25) is 4.72 Å². The van der Waals surface area contributed by atoms with Crippen LogP contribution in [0.5, 0.6) is 0 Å². The fourth-order valence-electron chi connectivity index (χ4n) is 1.42. The Bertz CT molecular complexity index is 676. The second-order valence-electron chi connectivity index (χ2n) is 3.82. The van der Waals surface area contributed by atoms with Gasteiger partial charge in [0, 0.05) is 0 Å². The zero-order chi connectivity index (χ0) is 13.9. The van der Waals surface area contributed by atoms with E-state index in [1.807, 2.05) is 0 Å². The van der Waals surface area contributed by atoms with Crippen molar-refractivity contribution in [3.63, 3.8) is 0 Å². The molecule has 19 heavy (non-hydrogen) atoms. The lowest BCUT2D eigenvalue weighted by Gasteiger charge is -2.09. The van der Waals surface area contributed by atoms with Crippen molar-refractivity contribution in [3.8, 4) is 0 Å². The summed E-state index contributed by atoms with van der Waals surface area (Å²) in [6.45, 7) is 0. The molecule has 0 radical (unpaired) electrons. The first-order chi connectivity index (χ1) is 8.94. The van der Waals surface area contributed by atoms with E-state index in [2.05, 4.69) is 20.0 Å². The average molecular weight is 282 g/mol. The number of anilines is 3. The molecule has 0 saturated heterocycles. The topological polar surface area (TPSA) is 84.0 Å². The monoisotopic (exact) mass is 282 g/mol. The maximum atomic E-state index is 13.6. The summed E-state index contributed by atoms with van der Waals surface area (Å²) in [5, 5.41) is 2.76. The van der Waals surface area contributed by atoms with Gasteiger partial charge in [-0.15, -0.1) is 0 Å². The molecule has 0 spiro atoms. The minimum atomic E-state index is -3.40. The number of nitrogens with one attached hydrogen (secondary N) is 2. The Morgan fingerprint density at radius 1 is 1.16 bits per heavy atom. The lowest BCUT2D eigenvalue weighted by Crippen LogP contribution is -2.09. The number of aromatic nitrogens is 2. The van der Waals surface area contributed by atoms with Gasteiger partial charge in [-0.1, -0.05) is 0 Å². The van der Waals surface area contributed by atoms with E-state index < -0.39 is 15.8 Å². The van der Waals surface area contributed by atoms with Gasteiger partial charge in [0.1, 0.15) is 12.1 Å². The third-order valence-electron chi connectivity index (χ3n) is 2.11. The van der Waals surface area contributed by atoms with Crippen LogP contribution in [0.2, 0.25) is 0 Å². The van der Waals surface area contributed by atoms with E-state index in [0.717, 1.165) is 6.26 Å². The van der Waals surface area contributed by atoms with E-state index >= 15 is 0 Å². The van der Waals surface area contributed by atoms with Crippen molar-refractivity contribution in [2.75, 3.05) is 16.3 Å². The molecule has 0 amide bonds. The number of benzene rings is 1. The Morgan fingerprint density at radius 2 is 1.84 bits per heavy atom. The molecule has 8 heteroatoms. The lowest BCUT2D eigenvalue weighted by molar-refractivity contribution is 0.606. The maximum absolute atomic E-state index is 13.6. The van der Waals surface area contributed by atoms with E-state index in [-0.39, 0.29) is 11.4 Å². The van der Waals surface area contributed by atoms with Gasteiger partial charge in [0.15, 0.2) is 0 Å². The highest BCUT2D eigenvalue weighted by atomic mass is 32.2. The number of hydrogen-bond donors (Lipinski definition) is 2. The third-order valence-corrected chi connectivity index (χ3v) is 2.72. The van der Waals surface area contributed by atoms with E-state index in [9.17, 15) is 12.8 Å². The van der Waals surface area contributed by atoms with Crippen LogP contribution in [0.3, 0.4) is 0 Å². The molecular weight excluding hydrogens is 271 g/mol. The Hall–Kier alpha value is -2.22. The van der Waals surface area contributed by atoms with Crippen LogP contribution < -0.4 is 10.0 Å². The van der Waals surface area contributed by atoms with Crippen LogP contribution in [-0.4, -0.2) is 24.6 Å². The third kappa shape index (κ3) is 3.88. The Morgan fingerprint density at radius 3 is 2.47 bits per heavy atom. The quantitative estimate of drug-likeness (QED) is 0.892. The van der Waals surface area contributed by atoms with E-state index in [1.54, 1.807) is 0 Å². The summed E-state index contributed by atoms with van der Waals surface area (Å²) in [5.41, 5.74) is 0.893. The fourth-order valence-corrected chi connectivity index (χ4v) is 1.97. The highest BCUT2D eigenvalue weighted by Crippen LogP contribution is 2.23. The number of nitrogens with zero attached hydrogens (tertiary/aromatic N) is 2. The van der Waals surface area contributed by atoms with E-state index in [4.69, 9.17) is 0 Å². The molecule has 1 aromatic carbocycles. The summed E-state index contributed by atoms with van der Waals surface area (Å²) in [7, 11) is -3.40. The molecule has 0 aliphatic rings. The van der Waals surface area contributed by atoms with Crippen LogP contribution in [0.4, 0.5) is 21.5 Å². The van der Waals surface area contributed by atoms with Gasteiger partial charge in [0.25, 0.3) is 0 Å². The molecule has 0 saturated carbocycles. The molecule has 0 aliphatic heterocycles. The van der Waals surface area contributed by atoms with Gasteiger partial charge in [0.2, 0.25) is 10.0 Å². The molecule has 0 bridgehead atoms.